The molecule has 334 valence electrons. The van der Waals surface area contributed by atoms with E-state index in [0.717, 1.165) is 18.0 Å². The molecule has 2 heterocycles. The van der Waals surface area contributed by atoms with Gasteiger partial charge in [0.1, 0.15) is 41.4 Å². The Bertz CT molecular complexity index is 1890. The minimum absolute atomic E-state index is 0.0719. The Hall–Kier alpha value is -4.32. The highest BCUT2D eigenvalue weighted by Gasteiger charge is 2.43. The number of methoxy groups -OCH3 is 1. The number of hydrogen-bond donors (Lipinski definition) is 5. The van der Waals surface area contributed by atoms with Crippen LogP contribution in [0.1, 0.15) is 100 Å². The molecule has 1 aliphatic rings. The summed E-state index contributed by atoms with van der Waals surface area (Å²) in [6.45, 7) is 17.8. The molecule has 1 fully saturated rings. The number of benzene rings is 1. The summed E-state index contributed by atoms with van der Waals surface area (Å²) in [5, 5.41) is 11.9. The first-order chi connectivity index (χ1) is 27.8. The van der Waals surface area contributed by atoms with Crippen molar-refractivity contribution in [1.29, 1.82) is 0 Å². The number of thioether (sulfide) groups is 1. The second kappa shape index (κ2) is 21.0. The monoisotopic (exact) mass is 922 g/mol. The van der Waals surface area contributed by atoms with Gasteiger partial charge in [-0.25, -0.2) is 9.59 Å². The number of halogens is 1. The third-order valence-corrected chi connectivity index (χ3v) is 11.7. The van der Waals surface area contributed by atoms with E-state index >= 15 is 0 Å². The number of H-pyrrole nitrogens is 1. The molecule has 2 aromatic rings. The van der Waals surface area contributed by atoms with E-state index in [2.05, 4.69) is 42.2 Å². The van der Waals surface area contributed by atoms with Crippen molar-refractivity contribution in [2.75, 3.05) is 19.9 Å². The largest absolute Gasteiger partial charge is 0.469 e. The minimum atomic E-state index is -1.45. The van der Waals surface area contributed by atoms with Crippen LogP contribution in [0.2, 0.25) is 0 Å². The van der Waals surface area contributed by atoms with Crippen LogP contribution in [-0.2, 0) is 49.4 Å². The molecule has 5 amide bonds. The highest BCUT2D eigenvalue weighted by molar-refractivity contribution is 9.10. The van der Waals surface area contributed by atoms with E-state index in [1.807, 2.05) is 38.1 Å². The van der Waals surface area contributed by atoms with Crippen LogP contribution in [0, 0.1) is 5.92 Å². The fraction of sp³-hybridized carbons (Fsp3) is 0.643. The Morgan fingerprint density at radius 2 is 1.43 bits per heavy atom. The van der Waals surface area contributed by atoms with E-state index in [1.165, 1.54) is 16.7 Å². The number of rotatable bonds is 17. The number of aromatic nitrogens is 1. The van der Waals surface area contributed by atoms with Crippen LogP contribution in [0.3, 0.4) is 0 Å². The summed E-state index contributed by atoms with van der Waals surface area (Å²) in [5.74, 6) is -4.43. The molecule has 18 heteroatoms. The van der Waals surface area contributed by atoms with Gasteiger partial charge in [0.25, 0.3) is 0 Å². The molecule has 3 rings (SSSR count). The molecule has 16 nitrogen and oxygen atoms in total. The molecule has 1 aliphatic heterocycles. The van der Waals surface area contributed by atoms with Crippen molar-refractivity contribution in [1.82, 2.24) is 31.2 Å². The van der Waals surface area contributed by atoms with Gasteiger partial charge in [0.15, 0.2) is 0 Å². The zero-order chi connectivity index (χ0) is 45.3. The van der Waals surface area contributed by atoms with Gasteiger partial charge in [-0.05, 0) is 114 Å². The number of amides is 5. The summed E-state index contributed by atoms with van der Waals surface area (Å²) >= 11 is 4.88. The van der Waals surface area contributed by atoms with Crippen LogP contribution in [0.5, 0.6) is 0 Å². The standard InChI is InChI=1S/C42H63BrN6O10S/c1-23(2)20-27(46-37(54)32(42(9,10)60-12)48-36(53)30-18-15-19-49(30)39(56)59-41(6,7)8)34(51)45-28(21-25-24-16-13-14-17-26(24)44-33(25)43)35(52)47-29(22-31(50)57-11)38(55)58-40(3,4)5/h13-14,16-17,23,27-30,32,44H,15,18-22H2,1-12H3,(H,45,51)(H,46,54)(H,47,52)(H,48,53)/t27-,28+,29+,30-,32-/m0/s1. The van der Waals surface area contributed by atoms with Crippen molar-refractivity contribution in [2.45, 2.75) is 147 Å². The second-order valence-corrected chi connectivity index (χ2v) is 20.1. The summed E-state index contributed by atoms with van der Waals surface area (Å²) in [6.07, 6.45) is 1.67. The number of nitrogens with zero attached hydrogens (tertiary/aromatic N) is 1. The first kappa shape index (κ1) is 50.0. The fourth-order valence-electron chi connectivity index (χ4n) is 6.59. The predicted molar refractivity (Wildman–Crippen MR) is 233 cm³/mol. The lowest BCUT2D eigenvalue weighted by atomic mass is 9.98. The second-order valence-electron chi connectivity index (χ2n) is 17.9. The Morgan fingerprint density at radius 3 is 2.02 bits per heavy atom. The van der Waals surface area contributed by atoms with Gasteiger partial charge in [-0.2, -0.15) is 11.8 Å². The van der Waals surface area contributed by atoms with Crippen molar-refractivity contribution in [3.63, 3.8) is 0 Å². The first-order valence-corrected chi connectivity index (χ1v) is 22.1. The number of hydrogen-bond acceptors (Lipinski definition) is 11. The van der Waals surface area contributed by atoms with Crippen LogP contribution in [0.4, 0.5) is 4.79 Å². The normalized spacial score (nSPS) is 16.6. The number of esters is 2. The number of carbonyl (C=O) groups is 7. The van der Waals surface area contributed by atoms with Crippen LogP contribution < -0.4 is 21.3 Å². The number of likely N-dealkylation sites (tertiary alicyclic amines) is 1. The topological polar surface area (TPSA) is 214 Å². The summed E-state index contributed by atoms with van der Waals surface area (Å²) in [7, 11) is 1.15. The number of aromatic amines is 1. The Balaban J connectivity index is 1.97. The van der Waals surface area contributed by atoms with Crippen LogP contribution >= 0.6 is 27.7 Å². The lowest BCUT2D eigenvalue weighted by molar-refractivity contribution is -0.161. The van der Waals surface area contributed by atoms with Gasteiger partial charge in [-0.3, -0.25) is 28.9 Å². The fourth-order valence-corrected chi connectivity index (χ4v) is 7.58. The zero-order valence-electron chi connectivity index (χ0n) is 36.8. The van der Waals surface area contributed by atoms with Crippen molar-refractivity contribution >= 4 is 80.3 Å². The third kappa shape index (κ3) is 14.4. The molecule has 0 saturated carbocycles. The lowest BCUT2D eigenvalue weighted by Crippen LogP contribution is -2.63. The van der Waals surface area contributed by atoms with Gasteiger partial charge in [0.05, 0.1) is 18.1 Å². The number of ether oxygens (including phenoxy) is 3. The van der Waals surface area contributed by atoms with E-state index in [0.29, 0.717) is 29.6 Å². The molecular weight excluding hydrogens is 860 g/mol. The molecule has 0 aliphatic carbocycles. The maximum absolute atomic E-state index is 14.4. The average molecular weight is 924 g/mol. The van der Waals surface area contributed by atoms with Gasteiger partial charge in [-0.15, -0.1) is 0 Å². The zero-order valence-corrected chi connectivity index (χ0v) is 39.2. The molecule has 5 atom stereocenters. The van der Waals surface area contributed by atoms with Gasteiger partial charge in [0.2, 0.25) is 23.6 Å². The Morgan fingerprint density at radius 1 is 0.850 bits per heavy atom. The SMILES string of the molecule is COC(=O)C[C@@H](NC(=O)[C@@H](Cc1c(Br)[nH]c2ccccc12)NC(=O)[C@H](CC(C)C)NC(=O)[C@H](NC(=O)[C@@H]1CCCN1C(=O)OC(C)(C)C)C(C)(C)SC)C(=O)OC(C)(C)C. The van der Waals surface area contributed by atoms with Gasteiger partial charge in [0, 0.05) is 28.6 Å². The molecule has 1 saturated heterocycles. The Labute approximate surface area is 365 Å². The molecule has 1 aromatic heterocycles. The summed E-state index contributed by atoms with van der Waals surface area (Å²) in [4.78, 5) is 100. The molecule has 1 aromatic carbocycles. The molecule has 0 radical (unpaired) electrons. The average Bonchev–Trinajstić information content (AvgIpc) is 3.75. The van der Waals surface area contributed by atoms with Gasteiger partial charge in [-0.1, -0.05) is 32.0 Å². The number of fused-ring (bicyclic) bond motifs is 1. The number of carbonyl (C=O) groups excluding carboxylic acids is 7. The maximum Gasteiger partial charge on any atom is 0.410 e. The van der Waals surface area contributed by atoms with Crippen molar-refractivity contribution in [2.24, 2.45) is 5.92 Å². The Kier molecular flexibility index (Phi) is 17.5. The van der Waals surface area contributed by atoms with Crippen LogP contribution in [0.25, 0.3) is 10.9 Å². The molecule has 0 bridgehead atoms. The van der Waals surface area contributed by atoms with Crippen LogP contribution in [0.15, 0.2) is 28.9 Å². The minimum Gasteiger partial charge on any atom is -0.469 e. The maximum atomic E-state index is 14.4. The molecular formula is C42H63BrN6O10S. The van der Waals surface area contributed by atoms with E-state index in [4.69, 9.17) is 14.2 Å². The lowest BCUT2D eigenvalue weighted by Gasteiger charge is -2.35. The molecule has 0 spiro atoms. The molecule has 60 heavy (non-hydrogen) atoms. The number of nitrogens with one attached hydrogen (secondary N) is 5. The summed E-state index contributed by atoms with van der Waals surface area (Å²) < 4.78 is 15.5. The highest BCUT2D eigenvalue weighted by atomic mass is 79.9. The predicted octanol–water partition coefficient (Wildman–Crippen LogP) is 4.90. The van der Waals surface area contributed by atoms with E-state index in [9.17, 15) is 33.6 Å². The first-order valence-electron chi connectivity index (χ1n) is 20.1. The highest BCUT2D eigenvalue weighted by Crippen LogP contribution is 2.29. The van der Waals surface area contributed by atoms with E-state index in [1.54, 1.807) is 61.6 Å². The van der Waals surface area contributed by atoms with Crippen molar-refractivity contribution < 1.29 is 47.8 Å². The van der Waals surface area contributed by atoms with E-state index in [-0.39, 0.29) is 18.8 Å². The molecule has 0 unspecified atom stereocenters. The van der Waals surface area contributed by atoms with Crippen LogP contribution in [-0.4, -0.2) is 118 Å². The smallest absolute Gasteiger partial charge is 0.410 e. The molecule has 5 N–H and O–H groups in total. The van der Waals surface area contributed by atoms with Gasteiger partial charge < -0.3 is 40.5 Å². The third-order valence-electron chi connectivity index (χ3n) is 9.70. The summed E-state index contributed by atoms with van der Waals surface area (Å²) in [5.41, 5.74) is -0.306. The van der Waals surface area contributed by atoms with E-state index < -0.39 is 94.2 Å². The van der Waals surface area contributed by atoms with Crippen molar-refractivity contribution in [3.8, 4) is 0 Å². The summed E-state index contributed by atoms with van der Waals surface area (Å²) in [6, 6.07) is 1.39. The van der Waals surface area contributed by atoms with Crippen molar-refractivity contribution in [3.05, 3.63) is 34.4 Å². The quantitative estimate of drug-likeness (QED) is 0.106. The van der Waals surface area contributed by atoms with Gasteiger partial charge >= 0.3 is 18.0 Å². The number of para-hydroxylation sites is 1.